The molecule has 4 aromatic rings. The summed E-state index contributed by atoms with van der Waals surface area (Å²) in [5, 5.41) is 13.6. The molecule has 0 unspecified atom stereocenters. The Bertz CT molecular complexity index is 1460. The third-order valence-electron chi connectivity index (χ3n) is 5.45. The number of benzene rings is 2. The number of carbonyl (C=O) groups is 2. The van der Waals surface area contributed by atoms with E-state index in [0.717, 1.165) is 11.3 Å². The lowest BCUT2D eigenvalue weighted by atomic mass is 10.1. The summed E-state index contributed by atoms with van der Waals surface area (Å²) in [6, 6.07) is 12.8. The molecule has 180 valence electrons. The molecule has 0 aliphatic carbocycles. The predicted octanol–water partition coefficient (Wildman–Crippen LogP) is 2.56. The van der Waals surface area contributed by atoms with Crippen molar-refractivity contribution in [2.24, 2.45) is 0 Å². The first-order valence-corrected chi connectivity index (χ1v) is 12.1. The number of thioether (sulfide) groups is 1. The summed E-state index contributed by atoms with van der Waals surface area (Å²) in [5.74, 6) is -1.03. The van der Waals surface area contributed by atoms with Gasteiger partial charge in [-0.25, -0.2) is 4.68 Å². The largest absolute Gasteiger partial charge is 0.290 e. The molecule has 35 heavy (non-hydrogen) atoms. The van der Waals surface area contributed by atoms with E-state index in [4.69, 9.17) is 0 Å². The number of amides is 2. The summed E-state index contributed by atoms with van der Waals surface area (Å²) in [6.07, 6.45) is 2.28. The van der Waals surface area contributed by atoms with E-state index in [1.54, 1.807) is 35.2 Å². The van der Waals surface area contributed by atoms with Gasteiger partial charge in [0, 0.05) is 17.6 Å². The summed E-state index contributed by atoms with van der Waals surface area (Å²) in [4.78, 5) is 37.9. The normalized spacial score (nSPS) is 10.9. The average Bonchev–Trinajstić information content (AvgIpc) is 3.33. The number of nitrogens with one attached hydrogen (secondary N) is 2. The monoisotopic (exact) mass is 491 g/mol. The van der Waals surface area contributed by atoms with Crippen molar-refractivity contribution >= 4 is 34.3 Å². The lowest BCUT2D eigenvalue weighted by Gasteiger charge is -2.11. The van der Waals surface area contributed by atoms with Crippen LogP contribution in [0.4, 0.5) is 0 Å². The van der Waals surface area contributed by atoms with Gasteiger partial charge < -0.3 is 0 Å². The minimum Gasteiger partial charge on any atom is -0.277 e. The van der Waals surface area contributed by atoms with Gasteiger partial charge in [-0.15, -0.1) is 10.2 Å². The molecule has 0 bridgehead atoms. The highest BCUT2D eigenvalue weighted by Crippen LogP contribution is 2.21. The van der Waals surface area contributed by atoms with Gasteiger partial charge in [0.2, 0.25) is 5.91 Å². The first-order valence-electron chi connectivity index (χ1n) is 11.1. The molecule has 4 rings (SSSR count). The van der Waals surface area contributed by atoms with Crippen LogP contribution in [-0.4, -0.2) is 42.1 Å². The van der Waals surface area contributed by atoms with Crippen LogP contribution < -0.4 is 16.4 Å². The Morgan fingerprint density at radius 3 is 2.54 bits per heavy atom. The van der Waals surface area contributed by atoms with E-state index in [1.165, 1.54) is 22.0 Å². The van der Waals surface area contributed by atoms with Crippen molar-refractivity contribution in [1.82, 2.24) is 35.4 Å². The molecule has 2 N–H and O–H groups in total. The Balaban J connectivity index is 1.42. The first kappa shape index (κ1) is 24.1. The molecule has 11 heteroatoms. The zero-order valence-electron chi connectivity index (χ0n) is 19.6. The maximum atomic E-state index is 12.8. The van der Waals surface area contributed by atoms with Crippen LogP contribution >= 0.6 is 11.8 Å². The second-order valence-corrected chi connectivity index (χ2v) is 8.91. The van der Waals surface area contributed by atoms with E-state index < -0.39 is 11.8 Å². The fourth-order valence-electron chi connectivity index (χ4n) is 3.49. The molecule has 0 saturated heterocycles. The van der Waals surface area contributed by atoms with Gasteiger partial charge in [0.25, 0.3) is 11.5 Å². The fourth-order valence-corrected chi connectivity index (χ4v) is 4.22. The summed E-state index contributed by atoms with van der Waals surface area (Å²) >= 11 is 1.19. The highest BCUT2D eigenvalue weighted by atomic mass is 32.2. The molecule has 0 atom stereocenters. The van der Waals surface area contributed by atoms with Gasteiger partial charge in [-0.2, -0.15) is 5.10 Å². The van der Waals surface area contributed by atoms with Crippen LogP contribution in [-0.2, 0) is 11.3 Å². The van der Waals surface area contributed by atoms with Crippen LogP contribution in [0.1, 0.15) is 35.0 Å². The van der Waals surface area contributed by atoms with E-state index in [-0.39, 0.29) is 17.0 Å². The van der Waals surface area contributed by atoms with Crippen molar-refractivity contribution in [3.05, 3.63) is 76.0 Å². The molecule has 2 aromatic heterocycles. The van der Waals surface area contributed by atoms with Crippen molar-refractivity contribution in [3.8, 4) is 5.69 Å². The Morgan fingerprint density at radius 1 is 1.03 bits per heavy atom. The van der Waals surface area contributed by atoms with Crippen molar-refractivity contribution in [2.75, 3.05) is 5.75 Å². The van der Waals surface area contributed by atoms with Gasteiger partial charge >= 0.3 is 0 Å². The molecule has 0 saturated carbocycles. The van der Waals surface area contributed by atoms with Crippen LogP contribution in [0.2, 0.25) is 0 Å². The number of fused-ring (bicyclic) bond motifs is 1. The van der Waals surface area contributed by atoms with Crippen LogP contribution in [0.5, 0.6) is 0 Å². The number of hydrazine groups is 1. The molecule has 0 radical (unpaired) electrons. The second kappa shape index (κ2) is 10.5. The smallest absolute Gasteiger partial charge is 0.277 e. The zero-order chi connectivity index (χ0) is 24.9. The third kappa shape index (κ3) is 5.24. The molecule has 0 aliphatic rings. The number of rotatable bonds is 7. The fraction of sp³-hybridized carbons (Fsp3) is 0.250. The molecule has 2 aromatic carbocycles. The third-order valence-corrected chi connectivity index (χ3v) is 6.39. The van der Waals surface area contributed by atoms with E-state index in [2.05, 4.69) is 26.1 Å². The molecular formula is C24H25N7O3S. The SMILES string of the molecule is CCCn1nc(C(=O)NNC(=O)CSc2nncn2-c2ccc(C)c(C)c2)c2ccccc2c1=O. The van der Waals surface area contributed by atoms with Gasteiger partial charge in [0.1, 0.15) is 6.33 Å². The van der Waals surface area contributed by atoms with Crippen LogP contribution in [0.15, 0.2) is 58.7 Å². The highest BCUT2D eigenvalue weighted by molar-refractivity contribution is 7.99. The summed E-state index contributed by atoms with van der Waals surface area (Å²) in [7, 11) is 0. The highest BCUT2D eigenvalue weighted by Gasteiger charge is 2.17. The Hall–Kier alpha value is -3.99. The van der Waals surface area contributed by atoms with Gasteiger partial charge in [-0.05, 0) is 49.6 Å². The van der Waals surface area contributed by atoms with Gasteiger partial charge in [0.15, 0.2) is 10.9 Å². The predicted molar refractivity (Wildman–Crippen MR) is 133 cm³/mol. The number of aromatic nitrogens is 5. The lowest BCUT2D eigenvalue weighted by molar-refractivity contribution is -0.119. The lowest BCUT2D eigenvalue weighted by Crippen LogP contribution is -2.43. The second-order valence-electron chi connectivity index (χ2n) is 7.97. The number of nitrogens with zero attached hydrogens (tertiary/aromatic N) is 5. The Morgan fingerprint density at radius 2 is 1.80 bits per heavy atom. The molecule has 10 nitrogen and oxygen atoms in total. The zero-order valence-corrected chi connectivity index (χ0v) is 20.4. The van der Waals surface area contributed by atoms with Crippen LogP contribution in [0.25, 0.3) is 16.5 Å². The summed E-state index contributed by atoms with van der Waals surface area (Å²) in [5.41, 5.74) is 7.83. The first-order chi connectivity index (χ1) is 16.9. The van der Waals surface area contributed by atoms with E-state index in [1.807, 2.05) is 39.0 Å². The van der Waals surface area contributed by atoms with Crippen molar-refractivity contribution in [2.45, 2.75) is 38.9 Å². The minimum atomic E-state index is -0.609. The van der Waals surface area contributed by atoms with E-state index in [0.29, 0.717) is 28.9 Å². The van der Waals surface area contributed by atoms with Gasteiger partial charge in [-0.3, -0.25) is 29.8 Å². The molecule has 0 aliphatic heterocycles. The van der Waals surface area contributed by atoms with Crippen molar-refractivity contribution in [1.29, 1.82) is 0 Å². The number of carbonyl (C=O) groups excluding carboxylic acids is 2. The van der Waals surface area contributed by atoms with E-state index in [9.17, 15) is 14.4 Å². The number of aryl methyl sites for hydroxylation is 3. The van der Waals surface area contributed by atoms with Gasteiger partial charge in [0.05, 0.1) is 11.1 Å². The van der Waals surface area contributed by atoms with Crippen LogP contribution in [0, 0.1) is 13.8 Å². The number of hydrogen-bond donors (Lipinski definition) is 2. The minimum absolute atomic E-state index is 0.00727. The maximum absolute atomic E-state index is 12.8. The van der Waals surface area contributed by atoms with Gasteiger partial charge in [-0.1, -0.05) is 43.0 Å². The number of hydrogen-bond acceptors (Lipinski definition) is 7. The quantitative estimate of drug-likeness (QED) is 0.301. The molecule has 0 spiro atoms. The maximum Gasteiger partial charge on any atom is 0.290 e. The Kier molecular flexibility index (Phi) is 7.25. The molecule has 2 amide bonds. The average molecular weight is 492 g/mol. The van der Waals surface area contributed by atoms with Crippen molar-refractivity contribution in [3.63, 3.8) is 0 Å². The standard InChI is InChI=1S/C24H25N7O3S/c1-4-11-31-23(34)19-8-6-5-7-18(19)21(29-31)22(33)27-26-20(32)13-35-24-28-25-14-30(24)17-10-9-15(2)16(3)12-17/h5-10,12,14H,4,11,13H2,1-3H3,(H,26,32)(H,27,33). The molecular weight excluding hydrogens is 466 g/mol. The summed E-state index contributed by atoms with van der Waals surface area (Å²) < 4.78 is 3.07. The topological polar surface area (TPSA) is 124 Å². The molecule has 0 fully saturated rings. The van der Waals surface area contributed by atoms with Crippen molar-refractivity contribution < 1.29 is 9.59 Å². The van der Waals surface area contributed by atoms with Crippen LogP contribution in [0.3, 0.4) is 0 Å². The molecule has 2 heterocycles. The Labute approximate surface area is 205 Å². The summed E-state index contributed by atoms with van der Waals surface area (Å²) in [6.45, 7) is 6.37. The van der Waals surface area contributed by atoms with E-state index >= 15 is 0 Å².